The predicted molar refractivity (Wildman–Crippen MR) is 77.6 cm³/mol. The molecule has 0 atom stereocenters. The highest BCUT2D eigenvalue weighted by Gasteiger charge is 2.22. The van der Waals surface area contributed by atoms with Gasteiger partial charge in [0.1, 0.15) is 11.8 Å². The molecule has 6 heteroatoms. The third-order valence-corrected chi connectivity index (χ3v) is 3.17. The lowest BCUT2D eigenvalue weighted by molar-refractivity contribution is 0.0962. The van der Waals surface area contributed by atoms with Gasteiger partial charge in [-0.1, -0.05) is 6.92 Å². The Balaban J connectivity index is 2.61. The van der Waals surface area contributed by atoms with Crippen molar-refractivity contribution in [2.24, 2.45) is 0 Å². The van der Waals surface area contributed by atoms with Gasteiger partial charge in [0.2, 0.25) is 0 Å². The zero-order valence-electron chi connectivity index (χ0n) is 12.2. The van der Waals surface area contributed by atoms with Gasteiger partial charge >= 0.3 is 0 Å². The number of nitrogens with one attached hydrogen (secondary N) is 1. The van der Waals surface area contributed by atoms with E-state index in [4.69, 9.17) is 4.74 Å². The van der Waals surface area contributed by atoms with Gasteiger partial charge in [-0.05, 0) is 30.7 Å². The Labute approximate surface area is 123 Å². The molecule has 0 saturated carbocycles. The lowest BCUT2D eigenvalue weighted by atomic mass is 10.1. The maximum Gasteiger partial charge on any atom is 0.255 e. The summed E-state index contributed by atoms with van der Waals surface area (Å²) in [6, 6.07) is 9.21. The number of hydrogen-bond acceptors (Lipinski definition) is 4. The van der Waals surface area contributed by atoms with E-state index < -0.39 is 0 Å². The molecule has 0 saturated heterocycles. The van der Waals surface area contributed by atoms with Gasteiger partial charge in [-0.2, -0.15) is 10.4 Å². The van der Waals surface area contributed by atoms with Crippen molar-refractivity contribution < 1.29 is 9.53 Å². The monoisotopic (exact) mass is 284 g/mol. The van der Waals surface area contributed by atoms with E-state index in [9.17, 15) is 10.1 Å². The highest BCUT2D eigenvalue weighted by molar-refractivity contribution is 5.97. The number of aryl methyl sites for hydroxylation is 1. The van der Waals surface area contributed by atoms with Crippen molar-refractivity contribution in [2.75, 3.05) is 14.2 Å². The molecule has 1 N–H and O–H groups in total. The fourth-order valence-corrected chi connectivity index (χ4v) is 2.09. The fourth-order valence-electron chi connectivity index (χ4n) is 2.09. The highest BCUT2D eigenvalue weighted by Crippen LogP contribution is 2.21. The van der Waals surface area contributed by atoms with E-state index in [2.05, 4.69) is 16.5 Å². The molecule has 108 valence electrons. The first kappa shape index (κ1) is 14.6. The Morgan fingerprint density at radius 2 is 2.10 bits per heavy atom. The molecular weight excluding hydrogens is 268 g/mol. The van der Waals surface area contributed by atoms with Crippen LogP contribution in [-0.4, -0.2) is 29.8 Å². The Morgan fingerprint density at radius 1 is 1.43 bits per heavy atom. The number of nitrogens with zero attached hydrogens (tertiary/aromatic N) is 3. The van der Waals surface area contributed by atoms with Gasteiger partial charge in [0.15, 0.2) is 5.69 Å². The third kappa shape index (κ3) is 2.58. The summed E-state index contributed by atoms with van der Waals surface area (Å²) in [6.07, 6.45) is 0.570. The van der Waals surface area contributed by atoms with E-state index in [0.717, 1.165) is 0 Å². The number of aromatic nitrogens is 2. The second-order valence-corrected chi connectivity index (χ2v) is 4.32. The topological polar surface area (TPSA) is 79.9 Å². The van der Waals surface area contributed by atoms with Gasteiger partial charge < -0.3 is 10.1 Å². The largest absolute Gasteiger partial charge is 0.497 e. The van der Waals surface area contributed by atoms with Crippen LogP contribution in [0.3, 0.4) is 0 Å². The maximum absolute atomic E-state index is 12.0. The predicted octanol–water partition coefficient (Wildman–Crippen LogP) is 1.67. The normalized spacial score (nSPS) is 10.0. The first-order valence-corrected chi connectivity index (χ1v) is 6.54. The average Bonchev–Trinajstić information content (AvgIpc) is 2.92. The Hall–Kier alpha value is -2.81. The average molecular weight is 284 g/mol. The molecule has 1 aromatic carbocycles. The van der Waals surface area contributed by atoms with Gasteiger partial charge in [-0.15, -0.1) is 0 Å². The van der Waals surface area contributed by atoms with Gasteiger partial charge in [0, 0.05) is 7.05 Å². The lowest BCUT2D eigenvalue weighted by Gasteiger charge is -2.05. The summed E-state index contributed by atoms with van der Waals surface area (Å²) in [6.45, 7) is 1.90. The van der Waals surface area contributed by atoms with Crippen LogP contribution in [0.4, 0.5) is 0 Å². The summed E-state index contributed by atoms with van der Waals surface area (Å²) in [5.74, 6) is 0.412. The molecule has 6 nitrogen and oxygen atoms in total. The molecule has 0 fully saturated rings. The first-order valence-electron chi connectivity index (χ1n) is 6.54. The minimum Gasteiger partial charge on any atom is -0.497 e. The van der Waals surface area contributed by atoms with Crippen LogP contribution in [0, 0.1) is 11.3 Å². The minimum absolute atomic E-state index is 0.233. The molecule has 0 bridgehead atoms. The zero-order valence-corrected chi connectivity index (χ0v) is 12.2. The van der Waals surface area contributed by atoms with Crippen LogP contribution in [-0.2, 0) is 6.42 Å². The van der Waals surface area contributed by atoms with Crippen molar-refractivity contribution in [3.63, 3.8) is 0 Å². The quantitative estimate of drug-likeness (QED) is 0.926. The van der Waals surface area contributed by atoms with Gasteiger partial charge in [-0.25, -0.2) is 4.68 Å². The second-order valence-electron chi connectivity index (χ2n) is 4.32. The van der Waals surface area contributed by atoms with Crippen molar-refractivity contribution in [1.82, 2.24) is 15.1 Å². The van der Waals surface area contributed by atoms with Crippen LogP contribution in [0.15, 0.2) is 24.3 Å². The number of benzene rings is 1. The summed E-state index contributed by atoms with van der Waals surface area (Å²) < 4.78 is 6.60. The van der Waals surface area contributed by atoms with Crippen LogP contribution < -0.4 is 10.1 Å². The van der Waals surface area contributed by atoms with Crippen molar-refractivity contribution >= 4 is 5.91 Å². The lowest BCUT2D eigenvalue weighted by Crippen LogP contribution is -2.20. The van der Waals surface area contributed by atoms with Crippen molar-refractivity contribution in [3.05, 3.63) is 41.2 Å². The summed E-state index contributed by atoms with van der Waals surface area (Å²) >= 11 is 0. The molecule has 0 unspecified atom stereocenters. The van der Waals surface area contributed by atoms with E-state index in [1.54, 1.807) is 31.4 Å². The molecule has 0 radical (unpaired) electrons. The molecule has 1 amide bonds. The molecule has 2 rings (SSSR count). The first-order chi connectivity index (χ1) is 10.2. The van der Waals surface area contributed by atoms with E-state index >= 15 is 0 Å². The van der Waals surface area contributed by atoms with E-state index in [0.29, 0.717) is 29.1 Å². The molecule has 2 aromatic rings. The molecule has 0 spiro atoms. The summed E-state index contributed by atoms with van der Waals surface area (Å²) in [7, 11) is 3.12. The van der Waals surface area contributed by atoms with E-state index in [1.165, 1.54) is 11.7 Å². The molecule has 0 aliphatic carbocycles. The SMILES string of the molecule is CCc1nn(-c2ccc(OC)cc2)c(C#N)c1C(=O)NC. The van der Waals surface area contributed by atoms with Crippen LogP contribution >= 0.6 is 0 Å². The Bertz CT molecular complexity index is 696. The number of nitriles is 1. The van der Waals surface area contributed by atoms with Crippen LogP contribution in [0.2, 0.25) is 0 Å². The maximum atomic E-state index is 12.0. The van der Waals surface area contributed by atoms with E-state index in [-0.39, 0.29) is 11.6 Å². The highest BCUT2D eigenvalue weighted by atomic mass is 16.5. The van der Waals surface area contributed by atoms with Crippen LogP contribution in [0.5, 0.6) is 5.75 Å². The minimum atomic E-state index is -0.303. The molecule has 1 heterocycles. The Morgan fingerprint density at radius 3 is 2.57 bits per heavy atom. The fraction of sp³-hybridized carbons (Fsp3) is 0.267. The molecular formula is C15H16N4O2. The smallest absolute Gasteiger partial charge is 0.255 e. The molecule has 1 aromatic heterocycles. The number of rotatable bonds is 4. The van der Waals surface area contributed by atoms with Gasteiger partial charge in [0.05, 0.1) is 24.1 Å². The van der Waals surface area contributed by atoms with Crippen molar-refractivity contribution in [2.45, 2.75) is 13.3 Å². The zero-order chi connectivity index (χ0) is 15.4. The number of methoxy groups -OCH3 is 1. The van der Waals surface area contributed by atoms with Crippen molar-refractivity contribution in [1.29, 1.82) is 5.26 Å². The standard InChI is InChI=1S/C15H16N4O2/c1-4-12-14(15(20)17-2)13(9-16)19(18-12)10-5-7-11(21-3)8-6-10/h5-8H,4H2,1-3H3,(H,17,20). The van der Waals surface area contributed by atoms with Crippen molar-refractivity contribution in [3.8, 4) is 17.5 Å². The van der Waals surface area contributed by atoms with Crippen LogP contribution in [0.25, 0.3) is 5.69 Å². The number of hydrogen-bond donors (Lipinski definition) is 1. The number of carbonyl (C=O) groups is 1. The number of carbonyl (C=O) groups excluding carboxylic acids is 1. The summed E-state index contributed by atoms with van der Waals surface area (Å²) in [5, 5.41) is 16.3. The number of ether oxygens (including phenoxy) is 1. The van der Waals surface area contributed by atoms with Gasteiger partial charge in [-0.3, -0.25) is 4.79 Å². The summed E-state index contributed by atoms with van der Waals surface area (Å²) in [5.41, 5.74) is 1.87. The van der Waals surface area contributed by atoms with E-state index in [1.807, 2.05) is 6.92 Å². The molecule has 0 aliphatic heterocycles. The Kier molecular flexibility index (Phi) is 4.24. The number of amides is 1. The molecule has 21 heavy (non-hydrogen) atoms. The third-order valence-electron chi connectivity index (χ3n) is 3.17. The second kappa shape index (κ2) is 6.09. The summed E-state index contributed by atoms with van der Waals surface area (Å²) in [4.78, 5) is 12.0. The molecule has 0 aliphatic rings. The van der Waals surface area contributed by atoms with Crippen LogP contribution in [0.1, 0.15) is 28.7 Å². The van der Waals surface area contributed by atoms with Gasteiger partial charge in [0.25, 0.3) is 5.91 Å².